The molecule has 134 valence electrons. The minimum atomic E-state index is -0.180. The third kappa shape index (κ3) is 4.53. The topological polar surface area (TPSA) is 68.2 Å². The maximum Gasteiger partial charge on any atom is 0.315 e. The van der Waals surface area contributed by atoms with Crippen LogP contribution in [0.4, 0.5) is 4.79 Å². The van der Waals surface area contributed by atoms with Crippen LogP contribution in [0.1, 0.15) is 44.1 Å². The van der Waals surface area contributed by atoms with Crippen molar-refractivity contribution in [3.05, 3.63) is 48.0 Å². The van der Waals surface area contributed by atoms with Gasteiger partial charge in [0.2, 0.25) is 0 Å². The number of urea groups is 1. The number of hydrogen-bond acceptors (Lipinski definition) is 3. The zero-order chi connectivity index (χ0) is 17.6. The highest BCUT2D eigenvalue weighted by Crippen LogP contribution is 2.30. The normalized spacial score (nSPS) is 16.7. The first-order valence-electron chi connectivity index (χ1n) is 8.89. The number of nitrogens with zero attached hydrogens (tertiary/aromatic N) is 2. The number of para-hydroxylation sites is 1. The van der Waals surface area contributed by atoms with E-state index in [1.165, 1.54) is 0 Å². The monoisotopic (exact) mass is 342 g/mol. The van der Waals surface area contributed by atoms with E-state index >= 15 is 0 Å². The maximum atomic E-state index is 12.4. The summed E-state index contributed by atoms with van der Waals surface area (Å²) >= 11 is 0. The van der Waals surface area contributed by atoms with Gasteiger partial charge in [-0.15, -0.1) is 0 Å². The fraction of sp³-hybridized carbons (Fsp3) is 0.474. The Morgan fingerprint density at radius 3 is 3.08 bits per heavy atom. The highest BCUT2D eigenvalue weighted by atomic mass is 16.5. The van der Waals surface area contributed by atoms with Gasteiger partial charge in [-0.2, -0.15) is 0 Å². The molecule has 0 unspecified atom stereocenters. The van der Waals surface area contributed by atoms with Crippen LogP contribution in [-0.2, 0) is 13.1 Å². The molecule has 1 aliphatic rings. The van der Waals surface area contributed by atoms with Crippen molar-refractivity contribution in [2.75, 3.05) is 6.61 Å². The summed E-state index contributed by atoms with van der Waals surface area (Å²) in [6, 6.07) is 7.69. The van der Waals surface area contributed by atoms with E-state index in [0.717, 1.165) is 36.5 Å². The van der Waals surface area contributed by atoms with Gasteiger partial charge >= 0.3 is 6.03 Å². The van der Waals surface area contributed by atoms with Crippen LogP contribution in [0.3, 0.4) is 0 Å². The molecule has 0 spiro atoms. The summed E-state index contributed by atoms with van der Waals surface area (Å²) in [6.07, 6.45) is 5.51. The number of nitrogens with one attached hydrogen (secondary N) is 2. The average Bonchev–Trinajstić information content (AvgIpc) is 2.92. The van der Waals surface area contributed by atoms with Crippen molar-refractivity contribution in [1.29, 1.82) is 0 Å². The van der Waals surface area contributed by atoms with Crippen LogP contribution in [-0.4, -0.2) is 22.2 Å². The van der Waals surface area contributed by atoms with Gasteiger partial charge in [-0.25, -0.2) is 9.78 Å². The lowest BCUT2D eigenvalue weighted by atomic mass is 10.0. The van der Waals surface area contributed by atoms with Gasteiger partial charge in [-0.05, 0) is 24.8 Å². The molecule has 2 N–H and O–H groups in total. The van der Waals surface area contributed by atoms with Crippen LogP contribution in [0.5, 0.6) is 5.75 Å². The summed E-state index contributed by atoms with van der Waals surface area (Å²) < 4.78 is 7.83. The molecule has 0 saturated heterocycles. The molecule has 1 aromatic carbocycles. The lowest BCUT2D eigenvalue weighted by Crippen LogP contribution is -2.38. The Bertz CT molecular complexity index is 711. The van der Waals surface area contributed by atoms with Crippen molar-refractivity contribution in [2.45, 2.75) is 45.8 Å². The minimum absolute atomic E-state index is 0.0332. The SMILES string of the molecule is CC(C)Cn1ccnc1CNC(=O)N[C@@H]1CCCOc2ccccc21. The molecule has 0 bridgehead atoms. The van der Waals surface area contributed by atoms with Crippen molar-refractivity contribution in [2.24, 2.45) is 5.92 Å². The van der Waals surface area contributed by atoms with Crippen LogP contribution < -0.4 is 15.4 Å². The average molecular weight is 342 g/mol. The van der Waals surface area contributed by atoms with Gasteiger partial charge < -0.3 is 19.9 Å². The molecule has 2 heterocycles. The largest absolute Gasteiger partial charge is 0.493 e. The first-order valence-corrected chi connectivity index (χ1v) is 8.89. The van der Waals surface area contributed by atoms with E-state index in [4.69, 9.17) is 4.74 Å². The Morgan fingerprint density at radius 1 is 1.40 bits per heavy atom. The van der Waals surface area contributed by atoms with E-state index < -0.39 is 0 Å². The highest BCUT2D eigenvalue weighted by molar-refractivity contribution is 5.74. The van der Waals surface area contributed by atoms with Crippen LogP contribution >= 0.6 is 0 Å². The number of fused-ring (bicyclic) bond motifs is 1. The summed E-state index contributed by atoms with van der Waals surface area (Å²) in [6.45, 7) is 6.32. The van der Waals surface area contributed by atoms with E-state index in [0.29, 0.717) is 19.1 Å². The molecule has 1 aliphatic heterocycles. The summed E-state index contributed by atoms with van der Waals surface area (Å²) in [5.41, 5.74) is 1.04. The number of rotatable bonds is 5. The van der Waals surface area contributed by atoms with Crippen LogP contribution in [0.25, 0.3) is 0 Å². The molecule has 0 saturated carbocycles. The molecule has 0 fully saturated rings. The summed E-state index contributed by atoms with van der Waals surface area (Å²) in [5, 5.41) is 5.99. The molecule has 1 atom stereocenters. The molecule has 2 aromatic rings. The Balaban J connectivity index is 1.59. The van der Waals surface area contributed by atoms with Gasteiger partial charge in [0.15, 0.2) is 0 Å². The highest BCUT2D eigenvalue weighted by Gasteiger charge is 2.21. The van der Waals surface area contributed by atoms with Gasteiger partial charge in [0, 0.05) is 24.5 Å². The molecule has 25 heavy (non-hydrogen) atoms. The van der Waals surface area contributed by atoms with Gasteiger partial charge in [0.05, 0.1) is 19.2 Å². The van der Waals surface area contributed by atoms with Crippen LogP contribution in [0.2, 0.25) is 0 Å². The second kappa shape index (κ2) is 8.05. The van der Waals surface area contributed by atoms with Crippen molar-refractivity contribution < 1.29 is 9.53 Å². The fourth-order valence-electron chi connectivity index (χ4n) is 3.11. The van der Waals surface area contributed by atoms with E-state index in [9.17, 15) is 4.79 Å². The van der Waals surface area contributed by atoms with Crippen molar-refractivity contribution in [1.82, 2.24) is 20.2 Å². The third-order valence-corrected chi connectivity index (χ3v) is 4.27. The molecule has 3 rings (SSSR count). The molecule has 6 nitrogen and oxygen atoms in total. The lowest BCUT2D eigenvalue weighted by molar-refractivity contribution is 0.235. The van der Waals surface area contributed by atoms with E-state index in [-0.39, 0.29) is 12.1 Å². The molecular weight excluding hydrogens is 316 g/mol. The molecule has 1 aromatic heterocycles. The van der Waals surface area contributed by atoms with Gasteiger partial charge in [0.1, 0.15) is 11.6 Å². The first-order chi connectivity index (χ1) is 12.1. The Labute approximate surface area is 148 Å². The number of carbonyl (C=O) groups is 1. The summed E-state index contributed by atoms with van der Waals surface area (Å²) in [5.74, 6) is 2.26. The van der Waals surface area contributed by atoms with E-state index in [2.05, 4.69) is 34.0 Å². The Hall–Kier alpha value is -2.50. The van der Waals surface area contributed by atoms with Gasteiger partial charge in [-0.1, -0.05) is 32.0 Å². The third-order valence-electron chi connectivity index (χ3n) is 4.27. The maximum absolute atomic E-state index is 12.4. The number of ether oxygens (including phenoxy) is 1. The minimum Gasteiger partial charge on any atom is -0.493 e. The number of imidazole rings is 1. The first kappa shape index (κ1) is 17.3. The second-order valence-corrected chi connectivity index (χ2v) is 6.80. The number of aromatic nitrogens is 2. The predicted molar refractivity (Wildman–Crippen MR) is 96.3 cm³/mol. The Kier molecular flexibility index (Phi) is 5.58. The molecular formula is C19H26N4O2. The predicted octanol–water partition coefficient (Wildman–Crippen LogP) is 3.25. The zero-order valence-electron chi connectivity index (χ0n) is 14.9. The van der Waals surface area contributed by atoms with Crippen molar-refractivity contribution in [3.63, 3.8) is 0 Å². The van der Waals surface area contributed by atoms with Crippen molar-refractivity contribution in [3.8, 4) is 5.75 Å². The van der Waals surface area contributed by atoms with Crippen LogP contribution in [0, 0.1) is 5.92 Å². The molecule has 6 heteroatoms. The lowest BCUT2D eigenvalue weighted by Gasteiger charge is -2.19. The second-order valence-electron chi connectivity index (χ2n) is 6.80. The summed E-state index contributed by atoms with van der Waals surface area (Å²) in [4.78, 5) is 16.7. The molecule has 0 aliphatic carbocycles. The number of hydrogen-bond donors (Lipinski definition) is 2. The number of carbonyl (C=O) groups excluding carboxylic acids is 1. The smallest absolute Gasteiger partial charge is 0.315 e. The van der Waals surface area contributed by atoms with E-state index in [1.54, 1.807) is 6.20 Å². The van der Waals surface area contributed by atoms with E-state index in [1.807, 2.05) is 30.5 Å². The molecule has 2 amide bonds. The quantitative estimate of drug-likeness (QED) is 0.876. The Morgan fingerprint density at radius 2 is 2.24 bits per heavy atom. The van der Waals surface area contributed by atoms with Crippen molar-refractivity contribution >= 4 is 6.03 Å². The van der Waals surface area contributed by atoms with Gasteiger partial charge in [-0.3, -0.25) is 0 Å². The number of benzene rings is 1. The summed E-state index contributed by atoms with van der Waals surface area (Å²) in [7, 11) is 0. The van der Waals surface area contributed by atoms with Crippen LogP contribution in [0.15, 0.2) is 36.7 Å². The van der Waals surface area contributed by atoms with Gasteiger partial charge in [0.25, 0.3) is 0 Å². The fourth-order valence-corrected chi connectivity index (χ4v) is 3.11. The zero-order valence-corrected chi connectivity index (χ0v) is 14.9. The number of amides is 2. The molecule has 0 radical (unpaired) electrons. The standard InChI is InChI=1S/C19H26N4O2/c1-14(2)13-23-10-9-20-18(23)12-21-19(24)22-16-7-5-11-25-17-8-4-3-6-15(16)17/h3-4,6,8-10,14,16H,5,7,11-13H2,1-2H3,(H2,21,22,24)/t16-/m1/s1.